The number of aromatic nitrogens is 1. The van der Waals surface area contributed by atoms with Crippen molar-refractivity contribution in [2.45, 2.75) is 6.10 Å². The number of nitrogens with two attached hydrogens (primary N) is 1. The zero-order chi connectivity index (χ0) is 11.5. The molecule has 0 amide bonds. The number of nitrogens with zero attached hydrogens (tertiary/aromatic N) is 1. The fraction of sp³-hybridized carbons (Fsp3) is 0.182. The number of hydrogen-bond donors (Lipinski definition) is 2. The first-order valence-electron chi connectivity index (χ1n) is 4.80. The van der Waals surface area contributed by atoms with E-state index < -0.39 is 6.10 Å². The lowest BCUT2D eigenvalue weighted by Crippen LogP contribution is -2.11. The molecule has 0 saturated carbocycles. The molecule has 5 heteroatoms. The Labute approximate surface area is 96.4 Å². The van der Waals surface area contributed by atoms with Crippen LogP contribution in [0.5, 0.6) is 0 Å². The number of benzene rings is 1. The van der Waals surface area contributed by atoms with E-state index in [2.05, 4.69) is 4.98 Å². The van der Waals surface area contributed by atoms with Gasteiger partial charge in [-0.1, -0.05) is 12.1 Å². The van der Waals surface area contributed by atoms with Crippen molar-refractivity contribution in [3.8, 4) is 10.6 Å². The van der Waals surface area contributed by atoms with Crippen LogP contribution in [0.2, 0.25) is 0 Å². The summed E-state index contributed by atoms with van der Waals surface area (Å²) in [6.45, 7) is 0.131. The van der Waals surface area contributed by atoms with E-state index in [1.807, 2.05) is 0 Å². The quantitative estimate of drug-likeness (QED) is 0.859. The van der Waals surface area contributed by atoms with Crippen LogP contribution in [0.4, 0.5) is 4.39 Å². The van der Waals surface area contributed by atoms with Crippen molar-refractivity contribution in [1.82, 2.24) is 4.98 Å². The molecule has 1 atom stereocenters. The van der Waals surface area contributed by atoms with Crippen LogP contribution in [0.3, 0.4) is 0 Å². The Kier molecular flexibility index (Phi) is 3.28. The fourth-order valence-electron chi connectivity index (χ4n) is 1.31. The summed E-state index contributed by atoms with van der Waals surface area (Å²) in [6, 6.07) is 6.20. The van der Waals surface area contributed by atoms with Gasteiger partial charge in [-0.2, -0.15) is 0 Å². The number of rotatable bonds is 3. The van der Waals surface area contributed by atoms with Crippen molar-refractivity contribution in [3.05, 3.63) is 41.2 Å². The molecule has 2 aromatic rings. The molecule has 16 heavy (non-hydrogen) atoms. The average molecular weight is 238 g/mol. The van der Waals surface area contributed by atoms with Gasteiger partial charge in [0.15, 0.2) is 0 Å². The molecule has 0 spiro atoms. The van der Waals surface area contributed by atoms with Gasteiger partial charge in [0.25, 0.3) is 0 Å². The molecule has 0 fully saturated rings. The minimum absolute atomic E-state index is 0.131. The Balaban J connectivity index is 2.31. The monoisotopic (exact) mass is 238 g/mol. The second-order valence-corrected chi connectivity index (χ2v) is 4.20. The molecule has 1 unspecified atom stereocenters. The highest BCUT2D eigenvalue weighted by molar-refractivity contribution is 7.13. The van der Waals surface area contributed by atoms with Gasteiger partial charge >= 0.3 is 0 Å². The zero-order valence-corrected chi connectivity index (χ0v) is 9.25. The summed E-state index contributed by atoms with van der Waals surface area (Å²) in [5, 5.41) is 11.9. The van der Waals surface area contributed by atoms with Crippen molar-refractivity contribution in [1.29, 1.82) is 0 Å². The van der Waals surface area contributed by atoms with E-state index in [9.17, 15) is 9.50 Å². The van der Waals surface area contributed by atoms with Crippen LogP contribution < -0.4 is 5.73 Å². The lowest BCUT2D eigenvalue weighted by Gasteiger charge is -2.01. The highest BCUT2D eigenvalue weighted by Gasteiger charge is 2.11. The van der Waals surface area contributed by atoms with Gasteiger partial charge in [0.2, 0.25) is 0 Å². The van der Waals surface area contributed by atoms with Gasteiger partial charge in [0.05, 0.1) is 5.69 Å². The first-order chi connectivity index (χ1) is 7.70. The largest absolute Gasteiger partial charge is 0.385 e. The summed E-state index contributed by atoms with van der Waals surface area (Å²) in [6.07, 6.45) is -0.751. The van der Waals surface area contributed by atoms with Gasteiger partial charge in [0.1, 0.15) is 16.9 Å². The molecule has 0 saturated heterocycles. The van der Waals surface area contributed by atoms with E-state index in [0.717, 1.165) is 0 Å². The Hall–Kier alpha value is -1.30. The van der Waals surface area contributed by atoms with E-state index in [1.165, 1.54) is 23.5 Å². The molecule has 2 rings (SSSR count). The van der Waals surface area contributed by atoms with Crippen molar-refractivity contribution in [2.75, 3.05) is 6.54 Å². The van der Waals surface area contributed by atoms with Crippen LogP contribution in [0.15, 0.2) is 29.6 Å². The highest BCUT2D eigenvalue weighted by atomic mass is 32.1. The smallest absolute Gasteiger partial charge is 0.123 e. The maximum Gasteiger partial charge on any atom is 0.123 e. The third-order valence-corrected chi connectivity index (χ3v) is 3.07. The topological polar surface area (TPSA) is 59.1 Å². The summed E-state index contributed by atoms with van der Waals surface area (Å²) < 4.78 is 13.0. The van der Waals surface area contributed by atoms with Crippen LogP contribution in [0.25, 0.3) is 10.6 Å². The normalized spacial score (nSPS) is 12.7. The van der Waals surface area contributed by atoms with Crippen LogP contribution in [-0.2, 0) is 0 Å². The predicted octanol–water partition coefficient (Wildman–Crippen LogP) is 1.94. The zero-order valence-electron chi connectivity index (χ0n) is 8.43. The maximum atomic E-state index is 13.0. The van der Waals surface area contributed by atoms with Gasteiger partial charge < -0.3 is 10.8 Å². The minimum atomic E-state index is -0.751. The standard InChI is InChI=1S/C11H11FN2OS/c12-8-3-1-2-7(4-8)11-14-9(6-16-11)10(15)5-13/h1-4,6,10,15H,5,13H2. The van der Waals surface area contributed by atoms with Crippen molar-refractivity contribution in [3.63, 3.8) is 0 Å². The summed E-state index contributed by atoms with van der Waals surface area (Å²) >= 11 is 1.36. The Morgan fingerprint density at radius 2 is 2.31 bits per heavy atom. The van der Waals surface area contributed by atoms with Crippen LogP contribution in [0, 0.1) is 5.82 Å². The lowest BCUT2D eigenvalue weighted by atomic mass is 10.2. The number of aliphatic hydroxyl groups excluding tert-OH is 1. The fourth-order valence-corrected chi connectivity index (χ4v) is 2.18. The number of halogens is 1. The van der Waals surface area contributed by atoms with Gasteiger partial charge in [0, 0.05) is 17.5 Å². The second kappa shape index (κ2) is 4.69. The van der Waals surface area contributed by atoms with E-state index >= 15 is 0 Å². The molecular formula is C11H11FN2OS. The molecule has 0 aliphatic rings. The molecule has 1 aromatic carbocycles. The van der Waals surface area contributed by atoms with Gasteiger partial charge in [-0.05, 0) is 12.1 Å². The molecule has 0 aliphatic carbocycles. The molecular weight excluding hydrogens is 227 g/mol. The molecule has 0 radical (unpaired) electrons. The number of hydrogen-bond acceptors (Lipinski definition) is 4. The van der Waals surface area contributed by atoms with E-state index in [0.29, 0.717) is 16.3 Å². The third-order valence-electron chi connectivity index (χ3n) is 2.16. The van der Waals surface area contributed by atoms with E-state index in [-0.39, 0.29) is 12.4 Å². The van der Waals surface area contributed by atoms with Gasteiger partial charge in [-0.15, -0.1) is 11.3 Å². The third kappa shape index (κ3) is 2.27. The van der Waals surface area contributed by atoms with Crippen molar-refractivity contribution in [2.24, 2.45) is 5.73 Å². The second-order valence-electron chi connectivity index (χ2n) is 3.34. The van der Waals surface area contributed by atoms with Crippen LogP contribution in [-0.4, -0.2) is 16.6 Å². The molecule has 1 aromatic heterocycles. The molecule has 0 bridgehead atoms. The predicted molar refractivity (Wildman–Crippen MR) is 61.5 cm³/mol. The first kappa shape index (κ1) is 11.2. The Bertz CT molecular complexity index is 486. The molecule has 3 N–H and O–H groups in total. The Morgan fingerprint density at radius 1 is 1.50 bits per heavy atom. The first-order valence-corrected chi connectivity index (χ1v) is 5.68. The molecule has 0 aliphatic heterocycles. The summed E-state index contributed by atoms with van der Waals surface area (Å²) in [5.74, 6) is -0.298. The summed E-state index contributed by atoms with van der Waals surface area (Å²) in [4.78, 5) is 4.21. The summed E-state index contributed by atoms with van der Waals surface area (Å²) in [7, 11) is 0. The maximum absolute atomic E-state index is 13.0. The van der Waals surface area contributed by atoms with Crippen molar-refractivity contribution >= 4 is 11.3 Å². The lowest BCUT2D eigenvalue weighted by molar-refractivity contribution is 0.182. The number of aliphatic hydroxyl groups is 1. The molecule has 84 valence electrons. The van der Waals surface area contributed by atoms with Crippen LogP contribution >= 0.6 is 11.3 Å². The van der Waals surface area contributed by atoms with E-state index in [1.54, 1.807) is 17.5 Å². The summed E-state index contributed by atoms with van der Waals surface area (Å²) in [5.41, 5.74) is 6.57. The van der Waals surface area contributed by atoms with Crippen LogP contribution in [0.1, 0.15) is 11.8 Å². The Morgan fingerprint density at radius 3 is 3.00 bits per heavy atom. The number of thiazole rings is 1. The SMILES string of the molecule is NCC(O)c1csc(-c2cccc(F)c2)n1. The average Bonchev–Trinajstić information content (AvgIpc) is 2.77. The van der Waals surface area contributed by atoms with Gasteiger partial charge in [-0.25, -0.2) is 9.37 Å². The molecule has 3 nitrogen and oxygen atoms in total. The van der Waals surface area contributed by atoms with Gasteiger partial charge in [-0.3, -0.25) is 0 Å². The molecule has 1 heterocycles. The van der Waals surface area contributed by atoms with E-state index in [4.69, 9.17) is 5.73 Å². The van der Waals surface area contributed by atoms with Crippen molar-refractivity contribution < 1.29 is 9.50 Å². The minimum Gasteiger partial charge on any atom is -0.385 e. The highest BCUT2D eigenvalue weighted by Crippen LogP contribution is 2.26.